The molecule has 14 heteroatoms. The van der Waals surface area contributed by atoms with Crippen LogP contribution in [-0.4, -0.2) is 61.0 Å². The van der Waals surface area contributed by atoms with E-state index in [2.05, 4.69) is 6.58 Å². The van der Waals surface area contributed by atoms with Crippen LogP contribution in [0.1, 0.15) is 48.0 Å². The van der Waals surface area contributed by atoms with E-state index in [4.69, 9.17) is 18.9 Å². The molecule has 5 rings (SSSR count). The van der Waals surface area contributed by atoms with Gasteiger partial charge in [-0.15, -0.1) is 0 Å². The van der Waals surface area contributed by atoms with Gasteiger partial charge in [0.25, 0.3) is 0 Å². The van der Waals surface area contributed by atoms with Gasteiger partial charge in [-0.2, -0.15) is 13.2 Å². The molecule has 4 fully saturated rings. The number of hydrogen-bond donors (Lipinski definition) is 0. The lowest BCUT2D eigenvalue weighted by Gasteiger charge is -2.30. The molecule has 0 spiro atoms. The number of alkyl halides is 3. The van der Waals surface area contributed by atoms with Gasteiger partial charge in [-0.1, -0.05) is 6.58 Å². The zero-order valence-electron chi connectivity index (χ0n) is 21.1. The summed E-state index contributed by atoms with van der Waals surface area (Å²) in [7, 11) is -4.64. The fraction of sp³-hybridized carbons (Fsp3) is 0.577. The molecule has 0 N–H and O–H groups in total. The Balaban J connectivity index is 1.36. The smallest absolute Gasteiger partial charge is 0.419 e. The maximum absolute atomic E-state index is 13.8. The van der Waals surface area contributed by atoms with Crippen LogP contribution in [0, 0.1) is 23.7 Å². The Kier molecular flexibility index (Phi) is 7.14. The molecule has 3 aliphatic carbocycles. The first kappa shape index (κ1) is 28.4. The van der Waals surface area contributed by atoms with Crippen molar-refractivity contribution in [1.29, 1.82) is 0 Å². The molecule has 1 heterocycles. The minimum absolute atomic E-state index is 0.233. The third-order valence-electron chi connectivity index (χ3n) is 8.30. The zero-order valence-corrected chi connectivity index (χ0v) is 21.9. The third-order valence-corrected chi connectivity index (χ3v) is 8.96. The SMILES string of the molecule is C=CC1(Oc2cc(C(=O)OC3C4CC5C3OC(=O)C5C4C(=O)OCCS(=O)(=O)[O-])ccc2C(F)(F)F)CCCC1. The van der Waals surface area contributed by atoms with Gasteiger partial charge in [0, 0.05) is 11.8 Å². The van der Waals surface area contributed by atoms with Gasteiger partial charge in [0.15, 0.2) is 0 Å². The predicted octanol–water partition coefficient (Wildman–Crippen LogP) is 3.00. The number of rotatable bonds is 9. The molecule has 1 aromatic rings. The van der Waals surface area contributed by atoms with E-state index in [1.165, 1.54) is 6.08 Å². The summed E-state index contributed by atoms with van der Waals surface area (Å²) < 4.78 is 95.5. The maximum atomic E-state index is 13.8. The van der Waals surface area contributed by atoms with E-state index in [9.17, 15) is 40.5 Å². The van der Waals surface area contributed by atoms with E-state index in [-0.39, 0.29) is 12.0 Å². The van der Waals surface area contributed by atoms with Crippen molar-refractivity contribution in [2.75, 3.05) is 12.4 Å². The van der Waals surface area contributed by atoms with Crippen LogP contribution in [0.25, 0.3) is 0 Å². The summed E-state index contributed by atoms with van der Waals surface area (Å²) in [4.78, 5) is 38.4. The van der Waals surface area contributed by atoms with Crippen LogP contribution in [-0.2, 0) is 40.1 Å². The van der Waals surface area contributed by atoms with Crippen molar-refractivity contribution >= 4 is 28.0 Å². The minimum Gasteiger partial charge on any atom is -0.748 e. The van der Waals surface area contributed by atoms with E-state index < -0.39 is 99.4 Å². The topological polar surface area (TPSA) is 145 Å². The van der Waals surface area contributed by atoms with Gasteiger partial charge in [0.2, 0.25) is 0 Å². The highest BCUT2D eigenvalue weighted by atomic mass is 32.2. The number of carbonyl (C=O) groups excluding carboxylic acids is 3. The Morgan fingerprint density at radius 3 is 2.52 bits per heavy atom. The highest BCUT2D eigenvalue weighted by Crippen LogP contribution is 2.59. The van der Waals surface area contributed by atoms with Crippen LogP contribution in [0.4, 0.5) is 13.2 Å². The van der Waals surface area contributed by atoms with Crippen molar-refractivity contribution < 1.29 is 59.5 Å². The lowest BCUT2D eigenvalue weighted by Crippen LogP contribution is -2.44. The number of halogens is 3. The van der Waals surface area contributed by atoms with Crippen molar-refractivity contribution in [3.05, 3.63) is 42.0 Å². The van der Waals surface area contributed by atoms with Crippen LogP contribution in [0.3, 0.4) is 0 Å². The summed E-state index contributed by atoms with van der Waals surface area (Å²) in [6, 6.07) is 2.65. The van der Waals surface area contributed by atoms with Gasteiger partial charge in [0.05, 0.1) is 38.8 Å². The molecule has 6 unspecified atom stereocenters. The molecule has 0 aromatic heterocycles. The number of carbonyl (C=O) groups is 3. The molecule has 0 radical (unpaired) electrons. The number of ether oxygens (including phenoxy) is 4. The fourth-order valence-corrected chi connectivity index (χ4v) is 6.80. The minimum atomic E-state index is -4.75. The summed E-state index contributed by atoms with van der Waals surface area (Å²) >= 11 is 0. The quantitative estimate of drug-likeness (QED) is 0.183. The Bertz CT molecular complexity index is 1330. The Morgan fingerprint density at radius 2 is 1.90 bits per heavy atom. The summed E-state index contributed by atoms with van der Waals surface area (Å²) in [5, 5.41) is 0. The summed E-state index contributed by atoms with van der Waals surface area (Å²) in [6.45, 7) is 3.01. The normalized spacial score (nSPS) is 30.1. The van der Waals surface area contributed by atoms with Gasteiger partial charge in [-0.25, -0.2) is 13.2 Å². The van der Waals surface area contributed by atoms with Crippen LogP contribution in [0.2, 0.25) is 0 Å². The number of hydrogen-bond acceptors (Lipinski definition) is 10. The lowest BCUT2D eigenvalue weighted by molar-refractivity contribution is -0.155. The molecule has 1 aliphatic heterocycles. The van der Waals surface area contributed by atoms with Crippen molar-refractivity contribution in [1.82, 2.24) is 0 Å². The first-order chi connectivity index (χ1) is 18.7. The van der Waals surface area contributed by atoms with Gasteiger partial charge in [0.1, 0.15) is 30.2 Å². The number of esters is 3. The molecule has 10 nitrogen and oxygen atoms in total. The van der Waals surface area contributed by atoms with E-state index in [0.717, 1.165) is 31.0 Å². The molecule has 2 bridgehead atoms. The summed E-state index contributed by atoms with van der Waals surface area (Å²) in [5.41, 5.74) is -2.30. The van der Waals surface area contributed by atoms with Crippen molar-refractivity contribution in [2.24, 2.45) is 23.7 Å². The molecule has 1 saturated heterocycles. The molecule has 218 valence electrons. The number of fused-ring (bicyclic) bond motifs is 1. The highest BCUT2D eigenvalue weighted by molar-refractivity contribution is 7.85. The van der Waals surface area contributed by atoms with E-state index in [1.54, 1.807) is 0 Å². The van der Waals surface area contributed by atoms with Crippen LogP contribution in [0.5, 0.6) is 5.75 Å². The average molecular weight is 588 g/mol. The molecule has 40 heavy (non-hydrogen) atoms. The second kappa shape index (κ2) is 10.1. The first-order valence-electron chi connectivity index (χ1n) is 12.8. The second-order valence-corrected chi connectivity index (χ2v) is 12.1. The van der Waals surface area contributed by atoms with Crippen LogP contribution < -0.4 is 4.74 Å². The standard InChI is InChI=1S/C26H27F3O10S/c1-2-25(7-3-4-8-25)39-17-11-13(5-6-16(17)26(27,28)29)22(30)37-20-14-12-15-19(24(32)38-21(15)20)18(14)23(31)36-9-10-40(33,34)35/h2,5-6,11,14-15,18-21H,1,3-4,7-10,12H2,(H,33,34,35)/p-1. The van der Waals surface area contributed by atoms with Crippen LogP contribution in [0.15, 0.2) is 30.9 Å². The molecular weight excluding hydrogens is 561 g/mol. The average Bonchev–Trinajstić information content (AvgIpc) is 3.61. The largest absolute Gasteiger partial charge is 0.748 e. The van der Waals surface area contributed by atoms with E-state index >= 15 is 0 Å². The Morgan fingerprint density at radius 1 is 1.20 bits per heavy atom. The van der Waals surface area contributed by atoms with Crippen molar-refractivity contribution in [3.63, 3.8) is 0 Å². The molecular formula is C26H26F3O10S-. The molecule has 3 saturated carbocycles. The second-order valence-electron chi connectivity index (χ2n) is 10.6. The fourth-order valence-electron chi connectivity index (χ4n) is 6.51. The monoisotopic (exact) mass is 587 g/mol. The van der Waals surface area contributed by atoms with Gasteiger partial charge < -0.3 is 23.5 Å². The highest BCUT2D eigenvalue weighted by Gasteiger charge is 2.70. The zero-order chi connectivity index (χ0) is 29.0. The molecule has 0 amide bonds. The molecule has 6 atom stereocenters. The number of benzene rings is 1. The van der Waals surface area contributed by atoms with Crippen molar-refractivity contribution in [3.8, 4) is 5.75 Å². The van der Waals surface area contributed by atoms with Crippen LogP contribution >= 0.6 is 0 Å². The van der Waals surface area contributed by atoms with E-state index in [0.29, 0.717) is 12.8 Å². The Hall–Kier alpha value is -3.13. The molecule has 4 aliphatic rings. The summed E-state index contributed by atoms with van der Waals surface area (Å²) in [5.74, 6) is -7.23. The third kappa shape index (κ3) is 5.18. The van der Waals surface area contributed by atoms with Gasteiger partial charge >= 0.3 is 24.1 Å². The first-order valence-corrected chi connectivity index (χ1v) is 14.4. The maximum Gasteiger partial charge on any atom is 0.419 e. The van der Waals surface area contributed by atoms with E-state index in [1.807, 2.05) is 0 Å². The predicted molar refractivity (Wildman–Crippen MR) is 127 cm³/mol. The van der Waals surface area contributed by atoms with Crippen molar-refractivity contribution in [2.45, 2.75) is 56.1 Å². The summed E-state index contributed by atoms with van der Waals surface area (Å²) in [6.07, 6.45) is -2.49. The lowest BCUT2D eigenvalue weighted by atomic mass is 9.78. The van der Waals surface area contributed by atoms with Gasteiger partial charge in [-0.05, 0) is 56.4 Å². The Labute approximate surface area is 227 Å². The van der Waals surface area contributed by atoms with Gasteiger partial charge in [-0.3, -0.25) is 9.59 Å². The molecule has 1 aromatic carbocycles.